The third-order valence-corrected chi connectivity index (χ3v) is 4.80. The molecule has 1 aromatic rings. The number of nitrogens with zero attached hydrogens (tertiary/aromatic N) is 3. The largest absolute Gasteiger partial charge is 0.381 e. The maximum Gasteiger partial charge on any atom is 0.283 e. The van der Waals surface area contributed by atoms with Crippen LogP contribution in [0.5, 0.6) is 0 Å². The molecule has 1 N–H and O–H groups in total. The van der Waals surface area contributed by atoms with E-state index in [1.54, 1.807) is 6.20 Å². The van der Waals surface area contributed by atoms with Gasteiger partial charge in [0.25, 0.3) is 5.56 Å². The Morgan fingerprint density at radius 2 is 1.95 bits per heavy atom. The fourth-order valence-electron chi connectivity index (χ4n) is 2.68. The van der Waals surface area contributed by atoms with Crippen LogP contribution in [0.4, 0.5) is 5.69 Å². The van der Waals surface area contributed by atoms with Crippen LogP contribution in [0.15, 0.2) is 15.5 Å². The van der Waals surface area contributed by atoms with Crippen LogP contribution in [0, 0.1) is 0 Å². The van der Waals surface area contributed by atoms with Gasteiger partial charge in [-0.05, 0) is 62.6 Å². The van der Waals surface area contributed by atoms with E-state index in [9.17, 15) is 4.79 Å². The van der Waals surface area contributed by atoms with E-state index in [2.05, 4.69) is 38.2 Å². The van der Waals surface area contributed by atoms with Crippen LogP contribution < -0.4 is 10.9 Å². The summed E-state index contributed by atoms with van der Waals surface area (Å²) in [5.74, 6) is 0. The molecule has 0 aromatic carbocycles. The predicted molar refractivity (Wildman–Crippen MR) is 90.0 cm³/mol. The number of halogens is 1. The van der Waals surface area contributed by atoms with Gasteiger partial charge in [0.05, 0.1) is 17.9 Å². The molecule has 0 aliphatic carbocycles. The van der Waals surface area contributed by atoms with Crippen molar-refractivity contribution in [1.82, 2.24) is 14.7 Å². The molecular weight excluding hydrogens is 332 g/mol. The number of aromatic nitrogens is 2. The lowest BCUT2D eigenvalue weighted by atomic mass is 10.1. The van der Waals surface area contributed by atoms with Gasteiger partial charge >= 0.3 is 0 Å². The minimum atomic E-state index is -0.0828. The summed E-state index contributed by atoms with van der Waals surface area (Å²) in [6.45, 7) is 9.31. The molecule has 1 aromatic heterocycles. The maximum atomic E-state index is 12.2. The van der Waals surface area contributed by atoms with Crippen molar-refractivity contribution in [1.29, 1.82) is 0 Å². The van der Waals surface area contributed by atoms with Gasteiger partial charge in [-0.2, -0.15) is 5.10 Å². The Kier molecular flexibility index (Phi) is 5.81. The summed E-state index contributed by atoms with van der Waals surface area (Å²) in [5, 5.41) is 7.58. The van der Waals surface area contributed by atoms with E-state index in [-0.39, 0.29) is 11.6 Å². The second kappa shape index (κ2) is 7.40. The first-order valence-electron chi connectivity index (χ1n) is 7.76. The summed E-state index contributed by atoms with van der Waals surface area (Å²) < 4.78 is 2.06. The van der Waals surface area contributed by atoms with Crippen molar-refractivity contribution < 1.29 is 0 Å². The predicted octanol–water partition coefficient (Wildman–Crippen LogP) is 2.87. The zero-order valence-corrected chi connectivity index (χ0v) is 14.7. The summed E-state index contributed by atoms with van der Waals surface area (Å²) in [6, 6.07) is 0.528. The zero-order valence-electron chi connectivity index (χ0n) is 13.1. The van der Waals surface area contributed by atoms with Crippen LogP contribution in [-0.2, 0) is 0 Å². The van der Waals surface area contributed by atoms with Gasteiger partial charge in [0, 0.05) is 12.6 Å². The van der Waals surface area contributed by atoms with Gasteiger partial charge in [-0.3, -0.25) is 9.69 Å². The lowest BCUT2D eigenvalue weighted by Crippen LogP contribution is -2.41. The van der Waals surface area contributed by atoms with Crippen LogP contribution in [0.3, 0.4) is 0 Å². The van der Waals surface area contributed by atoms with Crippen LogP contribution in [-0.4, -0.2) is 40.4 Å². The Morgan fingerprint density at radius 1 is 1.29 bits per heavy atom. The van der Waals surface area contributed by atoms with Gasteiger partial charge in [0.1, 0.15) is 4.47 Å². The van der Waals surface area contributed by atoms with Gasteiger partial charge in [-0.1, -0.05) is 6.42 Å². The van der Waals surface area contributed by atoms with Crippen LogP contribution >= 0.6 is 15.9 Å². The fourth-order valence-corrected chi connectivity index (χ4v) is 3.11. The lowest BCUT2D eigenvalue weighted by molar-refractivity contribution is 0.180. The Morgan fingerprint density at radius 3 is 2.57 bits per heavy atom. The van der Waals surface area contributed by atoms with Gasteiger partial charge in [0.2, 0.25) is 0 Å². The number of nitrogens with one attached hydrogen (secondary N) is 1. The summed E-state index contributed by atoms with van der Waals surface area (Å²) >= 11 is 3.40. The molecule has 5 nitrogen and oxygen atoms in total. The SMILES string of the molecule is CC(CNc1cnn(C(C)C)c(=O)c1Br)N1CCCCC1. The number of hydrogen-bond acceptors (Lipinski definition) is 4. The molecule has 1 saturated heterocycles. The minimum absolute atomic E-state index is 0.0649. The van der Waals surface area contributed by atoms with Crippen LogP contribution in [0.2, 0.25) is 0 Å². The number of rotatable bonds is 5. The number of anilines is 1. The number of likely N-dealkylation sites (tertiary alicyclic amines) is 1. The molecule has 0 bridgehead atoms. The Bertz CT molecular complexity index is 523. The van der Waals surface area contributed by atoms with Crippen molar-refractivity contribution in [2.24, 2.45) is 0 Å². The number of hydrogen-bond donors (Lipinski definition) is 1. The molecule has 6 heteroatoms. The van der Waals surface area contributed by atoms with E-state index < -0.39 is 0 Å². The Balaban J connectivity index is 2.00. The summed E-state index contributed by atoms with van der Waals surface area (Å²) in [6.07, 6.45) is 5.66. The molecule has 1 aliphatic heterocycles. The van der Waals surface area contributed by atoms with Gasteiger partial charge in [-0.15, -0.1) is 0 Å². The van der Waals surface area contributed by atoms with Gasteiger partial charge < -0.3 is 5.32 Å². The molecule has 1 aliphatic rings. The molecule has 0 spiro atoms. The molecule has 2 rings (SSSR count). The first-order chi connectivity index (χ1) is 10.0. The molecular formula is C15H25BrN4O. The zero-order chi connectivity index (χ0) is 15.4. The summed E-state index contributed by atoms with van der Waals surface area (Å²) in [5.41, 5.74) is 0.696. The third kappa shape index (κ3) is 4.07. The molecule has 1 unspecified atom stereocenters. The van der Waals surface area contributed by atoms with Gasteiger partial charge in [0.15, 0.2) is 0 Å². The van der Waals surface area contributed by atoms with E-state index in [1.807, 2.05) is 13.8 Å². The molecule has 2 heterocycles. The smallest absolute Gasteiger partial charge is 0.283 e. The van der Waals surface area contributed by atoms with Crippen molar-refractivity contribution in [3.8, 4) is 0 Å². The second-order valence-corrected chi connectivity index (χ2v) is 6.84. The van der Waals surface area contributed by atoms with Crippen molar-refractivity contribution in [3.05, 3.63) is 21.0 Å². The highest BCUT2D eigenvalue weighted by atomic mass is 79.9. The average molecular weight is 357 g/mol. The monoisotopic (exact) mass is 356 g/mol. The lowest BCUT2D eigenvalue weighted by Gasteiger charge is -2.32. The Hall–Kier alpha value is -0.880. The maximum absolute atomic E-state index is 12.2. The standard InChI is InChI=1S/C15H25BrN4O/c1-11(2)20-15(21)14(16)13(10-18-20)17-9-12(3)19-7-5-4-6-8-19/h10-12,17H,4-9H2,1-3H3. The van der Waals surface area contributed by atoms with Crippen molar-refractivity contribution in [2.75, 3.05) is 25.0 Å². The highest BCUT2D eigenvalue weighted by Gasteiger charge is 2.17. The van der Waals surface area contributed by atoms with Crippen molar-refractivity contribution in [3.63, 3.8) is 0 Å². The highest BCUT2D eigenvalue weighted by Crippen LogP contribution is 2.18. The van der Waals surface area contributed by atoms with E-state index in [1.165, 1.54) is 37.0 Å². The van der Waals surface area contributed by atoms with Crippen LogP contribution in [0.25, 0.3) is 0 Å². The molecule has 21 heavy (non-hydrogen) atoms. The number of piperidine rings is 1. The van der Waals surface area contributed by atoms with Crippen molar-refractivity contribution in [2.45, 2.75) is 52.1 Å². The molecule has 0 saturated carbocycles. The van der Waals surface area contributed by atoms with E-state index in [4.69, 9.17) is 0 Å². The van der Waals surface area contributed by atoms with E-state index >= 15 is 0 Å². The quantitative estimate of drug-likeness (QED) is 0.881. The topological polar surface area (TPSA) is 50.2 Å². The molecule has 0 amide bonds. The first-order valence-corrected chi connectivity index (χ1v) is 8.55. The molecule has 118 valence electrons. The van der Waals surface area contributed by atoms with Gasteiger partial charge in [-0.25, -0.2) is 4.68 Å². The molecule has 1 atom stereocenters. The van der Waals surface area contributed by atoms with E-state index in [0.717, 1.165) is 12.2 Å². The normalized spacial score (nSPS) is 18.0. The van der Waals surface area contributed by atoms with Crippen molar-refractivity contribution >= 4 is 21.6 Å². The Labute approximate surface area is 134 Å². The minimum Gasteiger partial charge on any atom is -0.381 e. The fraction of sp³-hybridized carbons (Fsp3) is 0.733. The second-order valence-electron chi connectivity index (χ2n) is 6.04. The third-order valence-electron chi connectivity index (χ3n) is 4.03. The molecule has 1 fully saturated rings. The molecule has 0 radical (unpaired) electrons. The first kappa shape index (κ1) is 16.5. The van der Waals surface area contributed by atoms with E-state index in [0.29, 0.717) is 10.5 Å². The summed E-state index contributed by atoms with van der Waals surface area (Å²) in [4.78, 5) is 14.7. The summed E-state index contributed by atoms with van der Waals surface area (Å²) in [7, 11) is 0. The van der Waals surface area contributed by atoms with Crippen LogP contribution in [0.1, 0.15) is 46.1 Å². The highest BCUT2D eigenvalue weighted by molar-refractivity contribution is 9.10. The average Bonchev–Trinajstić information content (AvgIpc) is 2.49.